The highest BCUT2D eigenvalue weighted by Gasteiger charge is 2.14. The van der Waals surface area contributed by atoms with Crippen LogP contribution < -0.4 is 10.5 Å². The average Bonchev–Trinajstić information content (AvgIpc) is 2.16. The van der Waals surface area contributed by atoms with E-state index in [1.165, 1.54) is 0 Å². The molecule has 0 heterocycles. The molecule has 14 heavy (non-hydrogen) atoms. The third-order valence-corrected chi connectivity index (χ3v) is 2.51. The maximum Gasteiger partial charge on any atom is 0.180 e. The van der Waals surface area contributed by atoms with Crippen molar-refractivity contribution in [3.05, 3.63) is 28.2 Å². The highest BCUT2D eigenvalue weighted by molar-refractivity contribution is 9.10. The van der Waals surface area contributed by atoms with E-state index in [0.717, 1.165) is 0 Å². The zero-order chi connectivity index (χ0) is 10.7. The van der Waals surface area contributed by atoms with E-state index >= 15 is 0 Å². The molecule has 0 bridgehead atoms. The van der Waals surface area contributed by atoms with Crippen LogP contribution in [0.5, 0.6) is 5.75 Å². The van der Waals surface area contributed by atoms with Gasteiger partial charge in [0.2, 0.25) is 0 Å². The number of benzene rings is 1. The molecule has 76 valence electrons. The summed E-state index contributed by atoms with van der Waals surface area (Å²) >= 11 is 3.30. The molecule has 0 saturated heterocycles. The Kier molecular flexibility index (Phi) is 3.66. The van der Waals surface area contributed by atoms with Crippen molar-refractivity contribution in [2.45, 2.75) is 13.0 Å². The van der Waals surface area contributed by atoms with Crippen LogP contribution in [0.4, 0.5) is 0 Å². The maximum absolute atomic E-state index is 11.6. The maximum atomic E-state index is 11.6. The molecule has 4 heteroatoms. The molecule has 0 aliphatic carbocycles. The zero-order valence-corrected chi connectivity index (χ0v) is 9.67. The summed E-state index contributed by atoms with van der Waals surface area (Å²) in [5.41, 5.74) is 6.09. The van der Waals surface area contributed by atoms with Gasteiger partial charge in [0, 0.05) is 10.0 Å². The minimum Gasteiger partial charge on any atom is -0.497 e. The first kappa shape index (κ1) is 11.2. The normalized spacial score (nSPS) is 12.3. The van der Waals surface area contributed by atoms with Gasteiger partial charge in [0.05, 0.1) is 13.2 Å². The van der Waals surface area contributed by atoms with E-state index in [-0.39, 0.29) is 5.78 Å². The number of ketones is 1. The number of ether oxygens (including phenoxy) is 1. The highest BCUT2D eigenvalue weighted by Crippen LogP contribution is 2.23. The quantitative estimate of drug-likeness (QED) is 0.843. The summed E-state index contributed by atoms with van der Waals surface area (Å²) in [6.07, 6.45) is 0. The van der Waals surface area contributed by atoms with Gasteiger partial charge in [-0.1, -0.05) is 0 Å². The van der Waals surface area contributed by atoms with E-state index in [1.54, 1.807) is 32.2 Å². The fourth-order valence-corrected chi connectivity index (χ4v) is 1.62. The number of nitrogens with two attached hydrogens (primary N) is 1. The molecule has 1 aromatic rings. The van der Waals surface area contributed by atoms with Gasteiger partial charge in [-0.3, -0.25) is 4.79 Å². The van der Waals surface area contributed by atoms with Gasteiger partial charge in [0.25, 0.3) is 0 Å². The van der Waals surface area contributed by atoms with Crippen molar-refractivity contribution in [1.29, 1.82) is 0 Å². The van der Waals surface area contributed by atoms with E-state index in [0.29, 0.717) is 15.8 Å². The van der Waals surface area contributed by atoms with Crippen molar-refractivity contribution in [2.75, 3.05) is 7.11 Å². The molecule has 0 saturated carbocycles. The SMILES string of the molecule is COc1ccc(C(=O)C(C)N)c(Br)c1. The number of methoxy groups -OCH3 is 1. The standard InChI is InChI=1S/C10H12BrNO2/c1-6(12)10(13)8-4-3-7(14-2)5-9(8)11/h3-6H,12H2,1-2H3. The molecule has 1 aromatic carbocycles. The molecule has 0 spiro atoms. The first-order chi connectivity index (χ1) is 6.56. The predicted octanol–water partition coefficient (Wildman–Crippen LogP) is 1.99. The van der Waals surface area contributed by atoms with Gasteiger partial charge in [0.1, 0.15) is 5.75 Å². The van der Waals surface area contributed by atoms with Crippen LogP contribution in [0.1, 0.15) is 17.3 Å². The van der Waals surface area contributed by atoms with Crippen LogP contribution in [-0.2, 0) is 0 Å². The van der Waals surface area contributed by atoms with Crippen molar-refractivity contribution in [3.63, 3.8) is 0 Å². The number of halogens is 1. The lowest BCUT2D eigenvalue weighted by Gasteiger charge is -2.07. The van der Waals surface area contributed by atoms with Gasteiger partial charge in [-0.2, -0.15) is 0 Å². The second-order valence-electron chi connectivity index (χ2n) is 3.00. The van der Waals surface area contributed by atoms with Crippen LogP contribution in [-0.4, -0.2) is 18.9 Å². The third-order valence-electron chi connectivity index (χ3n) is 1.86. The van der Waals surface area contributed by atoms with Gasteiger partial charge in [-0.25, -0.2) is 0 Å². The van der Waals surface area contributed by atoms with E-state index in [4.69, 9.17) is 10.5 Å². The Morgan fingerprint density at radius 2 is 2.21 bits per heavy atom. The zero-order valence-electron chi connectivity index (χ0n) is 8.08. The first-order valence-electron chi connectivity index (χ1n) is 4.19. The summed E-state index contributed by atoms with van der Waals surface area (Å²) in [6.45, 7) is 1.67. The monoisotopic (exact) mass is 257 g/mol. The molecule has 0 aliphatic heterocycles. The van der Waals surface area contributed by atoms with Gasteiger partial charge in [0.15, 0.2) is 5.78 Å². The summed E-state index contributed by atoms with van der Waals surface area (Å²) in [6, 6.07) is 4.70. The van der Waals surface area contributed by atoms with Gasteiger partial charge in [-0.05, 0) is 41.1 Å². The summed E-state index contributed by atoms with van der Waals surface area (Å²) in [4.78, 5) is 11.6. The topological polar surface area (TPSA) is 52.3 Å². The Morgan fingerprint density at radius 1 is 1.57 bits per heavy atom. The van der Waals surface area contributed by atoms with E-state index in [9.17, 15) is 4.79 Å². The minimum atomic E-state index is -0.486. The lowest BCUT2D eigenvalue weighted by Crippen LogP contribution is -2.26. The van der Waals surface area contributed by atoms with Gasteiger partial charge in [-0.15, -0.1) is 0 Å². The Balaban J connectivity index is 3.06. The Hall–Kier alpha value is -0.870. The summed E-state index contributed by atoms with van der Waals surface area (Å²) < 4.78 is 5.73. The van der Waals surface area contributed by atoms with Crippen LogP contribution in [0.2, 0.25) is 0 Å². The van der Waals surface area contributed by atoms with Crippen molar-refractivity contribution in [1.82, 2.24) is 0 Å². The number of rotatable bonds is 3. The van der Waals surface area contributed by atoms with Gasteiger partial charge < -0.3 is 10.5 Å². The first-order valence-corrected chi connectivity index (χ1v) is 4.99. The molecule has 2 N–H and O–H groups in total. The molecule has 0 amide bonds. The molecule has 0 fully saturated rings. The second-order valence-corrected chi connectivity index (χ2v) is 3.85. The molecule has 0 aliphatic rings. The molecule has 1 unspecified atom stereocenters. The summed E-state index contributed by atoms with van der Waals surface area (Å²) in [7, 11) is 1.58. The minimum absolute atomic E-state index is 0.0838. The molecule has 1 atom stereocenters. The number of hydrogen-bond acceptors (Lipinski definition) is 3. The molecule has 0 radical (unpaired) electrons. The Labute approximate surface area is 91.4 Å². The van der Waals surface area contributed by atoms with Gasteiger partial charge >= 0.3 is 0 Å². The third kappa shape index (κ3) is 2.33. The molecular weight excluding hydrogens is 246 g/mol. The Bertz CT molecular complexity index is 350. The van der Waals surface area contributed by atoms with Crippen molar-refractivity contribution >= 4 is 21.7 Å². The van der Waals surface area contributed by atoms with Crippen LogP contribution in [0, 0.1) is 0 Å². The van der Waals surface area contributed by atoms with Crippen LogP contribution >= 0.6 is 15.9 Å². The molecule has 0 aromatic heterocycles. The highest BCUT2D eigenvalue weighted by atomic mass is 79.9. The van der Waals surface area contributed by atoms with Crippen molar-refractivity contribution < 1.29 is 9.53 Å². The molecule has 3 nitrogen and oxygen atoms in total. The predicted molar refractivity (Wildman–Crippen MR) is 58.7 cm³/mol. The van der Waals surface area contributed by atoms with E-state index in [1.807, 2.05) is 0 Å². The van der Waals surface area contributed by atoms with E-state index in [2.05, 4.69) is 15.9 Å². The fourth-order valence-electron chi connectivity index (χ4n) is 1.07. The summed E-state index contributed by atoms with van der Waals surface area (Å²) in [5, 5.41) is 0. The Morgan fingerprint density at radius 3 is 2.64 bits per heavy atom. The van der Waals surface area contributed by atoms with Crippen molar-refractivity contribution in [3.8, 4) is 5.75 Å². The fraction of sp³-hybridized carbons (Fsp3) is 0.300. The smallest absolute Gasteiger partial charge is 0.180 e. The van der Waals surface area contributed by atoms with Crippen molar-refractivity contribution in [2.24, 2.45) is 5.73 Å². The number of carbonyl (C=O) groups excluding carboxylic acids is 1. The van der Waals surface area contributed by atoms with E-state index < -0.39 is 6.04 Å². The lowest BCUT2D eigenvalue weighted by molar-refractivity contribution is 0.0967. The largest absolute Gasteiger partial charge is 0.497 e. The number of hydrogen-bond donors (Lipinski definition) is 1. The second kappa shape index (κ2) is 4.57. The number of Topliss-reactive ketones (excluding diaryl/α,β-unsaturated/α-hetero) is 1. The lowest BCUT2D eigenvalue weighted by atomic mass is 10.1. The number of carbonyl (C=O) groups is 1. The molecular formula is C10H12BrNO2. The average molecular weight is 258 g/mol. The van der Waals surface area contributed by atoms with Crippen LogP contribution in [0.3, 0.4) is 0 Å². The van der Waals surface area contributed by atoms with Crippen LogP contribution in [0.25, 0.3) is 0 Å². The molecule has 1 rings (SSSR count). The summed E-state index contributed by atoms with van der Waals surface area (Å²) in [5.74, 6) is 0.623. The van der Waals surface area contributed by atoms with Crippen LogP contribution in [0.15, 0.2) is 22.7 Å².